The van der Waals surface area contributed by atoms with E-state index in [0.717, 1.165) is 0 Å². The van der Waals surface area contributed by atoms with Crippen molar-refractivity contribution in [3.8, 4) is 0 Å². The molecule has 0 aromatic rings. The number of likely N-dealkylation sites (N-methyl/N-ethyl adjacent to an activating group) is 1. The monoisotopic (exact) mass is 249 g/mol. The van der Waals surface area contributed by atoms with Crippen molar-refractivity contribution < 1.29 is 13.2 Å². The quantitative estimate of drug-likeness (QED) is 0.680. The molecule has 0 aromatic carbocycles. The maximum Gasteiger partial charge on any atom is 0.237 e. The molecule has 1 aliphatic heterocycles. The fourth-order valence-corrected chi connectivity index (χ4v) is 3.38. The molecule has 1 heterocycles. The first-order chi connectivity index (χ1) is 7.43. The van der Waals surface area contributed by atoms with E-state index in [4.69, 9.17) is 5.73 Å². The van der Waals surface area contributed by atoms with Crippen molar-refractivity contribution in [1.82, 2.24) is 9.21 Å². The summed E-state index contributed by atoms with van der Waals surface area (Å²) in [4.78, 5) is 13.0. The van der Waals surface area contributed by atoms with Crippen LogP contribution < -0.4 is 5.73 Å². The minimum Gasteiger partial charge on any atom is -0.343 e. The van der Waals surface area contributed by atoms with Gasteiger partial charge in [0.25, 0.3) is 0 Å². The lowest BCUT2D eigenvalue weighted by Crippen LogP contribution is -2.53. The Kier molecular flexibility index (Phi) is 4.28. The third-order valence-corrected chi connectivity index (χ3v) is 5.32. The average Bonchev–Trinajstić information content (AvgIpc) is 2.23. The summed E-state index contributed by atoms with van der Waals surface area (Å²) in [6.45, 7) is 2.63. The Morgan fingerprint density at radius 3 is 2.50 bits per heavy atom. The third kappa shape index (κ3) is 2.53. The smallest absolute Gasteiger partial charge is 0.237 e. The number of nitrogens with two attached hydrogens (primary N) is 1. The van der Waals surface area contributed by atoms with Crippen LogP contribution in [0.2, 0.25) is 0 Å². The molecular formula is C9H19N3O3S. The zero-order chi connectivity index (χ0) is 12.3. The number of carbonyl (C=O) groups is 1. The molecule has 1 unspecified atom stereocenters. The van der Waals surface area contributed by atoms with Crippen molar-refractivity contribution in [3.05, 3.63) is 0 Å². The number of nitrogens with zero attached hydrogens (tertiary/aromatic N) is 2. The largest absolute Gasteiger partial charge is 0.343 e. The van der Waals surface area contributed by atoms with Crippen molar-refractivity contribution >= 4 is 15.9 Å². The van der Waals surface area contributed by atoms with Crippen molar-refractivity contribution in [2.45, 2.75) is 18.6 Å². The van der Waals surface area contributed by atoms with Gasteiger partial charge in [0.15, 0.2) is 0 Å². The van der Waals surface area contributed by atoms with Crippen LogP contribution in [-0.4, -0.2) is 62.0 Å². The lowest BCUT2D eigenvalue weighted by atomic mass is 10.3. The molecule has 1 fully saturated rings. The van der Waals surface area contributed by atoms with E-state index < -0.39 is 15.3 Å². The minimum atomic E-state index is -3.42. The van der Waals surface area contributed by atoms with Gasteiger partial charge in [-0.1, -0.05) is 6.92 Å². The lowest BCUT2D eigenvalue weighted by molar-refractivity contribution is -0.132. The Morgan fingerprint density at radius 1 is 1.44 bits per heavy atom. The van der Waals surface area contributed by atoms with Gasteiger partial charge in [0, 0.05) is 26.7 Å². The Bertz CT molecular complexity index is 351. The zero-order valence-corrected chi connectivity index (χ0v) is 10.5. The van der Waals surface area contributed by atoms with Crippen molar-refractivity contribution in [3.63, 3.8) is 0 Å². The summed E-state index contributed by atoms with van der Waals surface area (Å²) in [5.74, 6) is -0.165. The summed E-state index contributed by atoms with van der Waals surface area (Å²) in [6.07, 6.45) is 0.472. The molecule has 6 nitrogen and oxygen atoms in total. The molecule has 0 aliphatic carbocycles. The number of piperazine rings is 1. The van der Waals surface area contributed by atoms with Gasteiger partial charge in [-0.15, -0.1) is 0 Å². The van der Waals surface area contributed by atoms with Gasteiger partial charge in [0.05, 0.1) is 11.8 Å². The second-order valence-electron chi connectivity index (χ2n) is 3.96. The minimum absolute atomic E-state index is 0.0602. The van der Waals surface area contributed by atoms with Crippen LogP contribution in [0.25, 0.3) is 0 Å². The first kappa shape index (κ1) is 13.4. The molecule has 1 amide bonds. The highest BCUT2D eigenvalue weighted by Crippen LogP contribution is 2.14. The molecule has 0 aromatic heterocycles. The third-order valence-electron chi connectivity index (χ3n) is 2.92. The van der Waals surface area contributed by atoms with Crippen LogP contribution in [0.15, 0.2) is 0 Å². The number of carbonyl (C=O) groups excluding carboxylic acids is 1. The highest BCUT2D eigenvalue weighted by molar-refractivity contribution is 7.89. The van der Waals surface area contributed by atoms with E-state index in [-0.39, 0.29) is 19.0 Å². The molecule has 1 atom stereocenters. The maximum absolute atomic E-state index is 12.1. The van der Waals surface area contributed by atoms with E-state index in [0.29, 0.717) is 19.5 Å². The normalized spacial score (nSPS) is 21.2. The number of amides is 1. The maximum atomic E-state index is 12.1. The van der Waals surface area contributed by atoms with Crippen LogP contribution in [0.1, 0.15) is 13.3 Å². The van der Waals surface area contributed by atoms with Gasteiger partial charge in [-0.3, -0.25) is 4.79 Å². The molecule has 0 saturated carbocycles. The zero-order valence-electron chi connectivity index (χ0n) is 9.72. The summed E-state index contributed by atoms with van der Waals surface area (Å²) < 4.78 is 25.4. The average molecular weight is 249 g/mol. The molecule has 2 N–H and O–H groups in total. The summed E-state index contributed by atoms with van der Waals surface area (Å²) in [6, 6.07) is 0. The molecule has 1 saturated heterocycles. The standard InChI is InChI=1S/C9H19N3O3S/c1-3-8(6-10)16(14,15)12-5-4-11(2)9(13)7-12/h8H,3-7,10H2,1-2H3. The van der Waals surface area contributed by atoms with E-state index >= 15 is 0 Å². The van der Waals surface area contributed by atoms with Gasteiger partial charge in [0.2, 0.25) is 15.9 Å². The SMILES string of the molecule is CCC(CN)S(=O)(=O)N1CCN(C)C(=O)C1. The second kappa shape index (κ2) is 5.11. The summed E-state index contributed by atoms with van der Waals surface area (Å²) in [5, 5.41) is -0.580. The van der Waals surface area contributed by atoms with E-state index in [1.54, 1.807) is 14.0 Å². The number of hydrogen-bond donors (Lipinski definition) is 1. The Labute approximate surface area is 96.4 Å². The number of rotatable bonds is 4. The summed E-state index contributed by atoms with van der Waals surface area (Å²) >= 11 is 0. The van der Waals surface area contributed by atoms with E-state index in [9.17, 15) is 13.2 Å². The highest BCUT2D eigenvalue weighted by Gasteiger charge is 2.34. The molecule has 1 rings (SSSR count). The van der Waals surface area contributed by atoms with Crippen molar-refractivity contribution in [1.29, 1.82) is 0 Å². The molecule has 7 heteroatoms. The van der Waals surface area contributed by atoms with Crippen LogP contribution >= 0.6 is 0 Å². The van der Waals surface area contributed by atoms with Crippen LogP contribution in [0.5, 0.6) is 0 Å². The first-order valence-electron chi connectivity index (χ1n) is 5.36. The molecule has 1 aliphatic rings. The number of sulfonamides is 1. The van der Waals surface area contributed by atoms with Crippen LogP contribution in [0.4, 0.5) is 0 Å². The van der Waals surface area contributed by atoms with Gasteiger partial charge in [-0.25, -0.2) is 8.42 Å². The second-order valence-corrected chi connectivity index (χ2v) is 6.17. The van der Waals surface area contributed by atoms with Gasteiger partial charge < -0.3 is 10.6 Å². The highest BCUT2D eigenvalue weighted by atomic mass is 32.2. The topological polar surface area (TPSA) is 83.7 Å². The van der Waals surface area contributed by atoms with Crippen LogP contribution in [0.3, 0.4) is 0 Å². The fourth-order valence-electron chi connectivity index (χ4n) is 1.66. The summed E-state index contributed by atoms with van der Waals surface area (Å²) in [5.41, 5.74) is 5.44. The van der Waals surface area contributed by atoms with Crippen molar-refractivity contribution in [2.75, 3.05) is 33.2 Å². The van der Waals surface area contributed by atoms with Gasteiger partial charge in [-0.05, 0) is 6.42 Å². The molecular weight excluding hydrogens is 230 g/mol. The Balaban J connectivity index is 2.81. The Hall–Kier alpha value is -0.660. The first-order valence-corrected chi connectivity index (χ1v) is 6.86. The predicted molar refractivity (Wildman–Crippen MR) is 61.3 cm³/mol. The molecule has 0 spiro atoms. The lowest BCUT2D eigenvalue weighted by Gasteiger charge is -2.33. The Morgan fingerprint density at radius 2 is 2.06 bits per heavy atom. The molecule has 0 bridgehead atoms. The van der Waals surface area contributed by atoms with Crippen LogP contribution in [-0.2, 0) is 14.8 Å². The van der Waals surface area contributed by atoms with E-state index in [1.807, 2.05) is 0 Å². The fraction of sp³-hybridized carbons (Fsp3) is 0.889. The van der Waals surface area contributed by atoms with Gasteiger partial charge in [0.1, 0.15) is 0 Å². The summed E-state index contributed by atoms with van der Waals surface area (Å²) in [7, 11) is -1.75. The molecule has 16 heavy (non-hydrogen) atoms. The predicted octanol–water partition coefficient (Wildman–Crippen LogP) is -1.17. The molecule has 94 valence electrons. The van der Waals surface area contributed by atoms with Gasteiger partial charge in [-0.2, -0.15) is 4.31 Å². The van der Waals surface area contributed by atoms with E-state index in [2.05, 4.69) is 0 Å². The number of hydrogen-bond acceptors (Lipinski definition) is 4. The van der Waals surface area contributed by atoms with E-state index in [1.165, 1.54) is 9.21 Å². The van der Waals surface area contributed by atoms with Crippen molar-refractivity contribution in [2.24, 2.45) is 5.73 Å². The van der Waals surface area contributed by atoms with Gasteiger partial charge >= 0.3 is 0 Å². The molecule has 0 radical (unpaired) electrons. The van der Waals surface area contributed by atoms with Crippen LogP contribution in [0, 0.1) is 0 Å².